The summed E-state index contributed by atoms with van der Waals surface area (Å²) in [5, 5.41) is 3.11. The fourth-order valence-corrected chi connectivity index (χ4v) is 2.93. The number of ether oxygens (including phenoxy) is 5. The number of hydrogen-bond donors (Lipinski definition) is 1. The Hall–Kier alpha value is -2.80. The van der Waals surface area contributed by atoms with Gasteiger partial charge in [-0.3, -0.25) is 4.79 Å². The Morgan fingerprint density at radius 2 is 1.55 bits per heavy atom. The van der Waals surface area contributed by atoms with E-state index in [1.807, 2.05) is 13.8 Å². The number of benzene rings is 2. The average molecular weight is 424 g/mol. The van der Waals surface area contributed by atoms with Gasteiger partial charge in [-0.25, -0.2) is 0 Å². The van der Waals surface area contributed by atoms with Crippen molar-refractivity contribution in [2.24, 2.45) is 0 Å². The van der Waals surface area contributed by atoms with Crippen LogP contribution in [0.25, 0.3) is 0 Å². The van der Waals surface area contributed by atoms with Gasteiger partial charge in [0.25, 0.3) is 5.91 Å². The number of amides is 1. The van der Waals surface area contributed by atoms with Crippen molar-refractivity contribution in [1.82, 2.24) is 0 Å². The summed E-state index contributed by atoms with van der Waals surface area (Å²) in [6.45, 7) is 4.75. The number of carbonyl (C=O) groups excluding carboxylic acids is 1. The van der Waals surface area contributed by atoms with E-state index in [1.54, 1.807) is 24.3 Å². The van der Waals surface area contributed by atoms with Gasteiger partial charge in [-0.2, -0.15) is 0 Å². The first kappa shape index (κ1) is 22.5. The SMILES string of the molecule is CCCOc1c(Cl)cc(C(=O)Nc2cc(OC)c(OC)c(OC)c2)cc1OCC. The number of rotatable bonds is 10. The smallest absolute Gasteiger partial charge is 0.255 e. The fourth-order valence-electron chi connectivity index (χ4n) is 2.66. The van der Waals surface area contributed by atoms with Gasteiger partial charge in [0.2, 0.25) is 5.75 Å². The molecule has 1 N–H and O–H groups in total. The third kappa shape index (κ3) is 5.38. The van der Waals surface area contributed by atoms with E-state index in [0.29, 0.717) is 58.2 Å². The molecule has 0 aliphatic carbocycles. The van der Waals surface area contributed by atoms with Crippen LogP contribution in [0.5, 0.6) is 28.7 Å². The highest BCUT2D eigenvalue weighted by molar-refractivity contribution is 6.32. The third-order valence-electron chi connectivity index (χ3n) is 3.94. The summed E-state index contributed by atoms with van der Waals surface area (Å²) in [6.07, 6.45) is 0.825. The van der Waals surface area contributed by atoms with Gasteiger partial charge in [0.1, 0.15) is 0 Å². The van der Waals surface area contributed by atoms with E-state index in [9.17, 15) is 4.79 Å². The van der Waals surface area contributed by atoms with Crippen LogP contribution in [0.2, 0.25) is 5.02 Å². The molecule has 1 amide bonds. The monoisotopic (exact) mass is 423 g/mol. The van der Waals surface area contributed by atoms with Gasteiger partial charge in [0.15, 0.2) is 23.0 Å². The maximum atomic E-state index is 12.8. The summed E-state index contributed by atoms with van der Waals surface area (Å²) in [7, 11) is 4.52. The number of carbonyl (C=O) groups is 1. The molecule has 0 radical (unpaired) electrons. The van der Waals surface area contributed by atoms with Crippen molar-refractivity contribution in [3.8, 4) is 28.7 Å². The third-order valence-corrected chi connectivity index (χ3v) is 4.23. The molecule has 0 aromatic heterocycles. The van der Waals surface area contributed by atoms with Crippen molar-refractivity contribution in [2.75, 3.05) is 39.9 Å². The van der Waals surface area contributed by atoms with E-state index < -0.39 is 0 Å². The standard InChI is InChI=1S/C21H26ClNO6/c1-6-8-29-19-15(22)9-13(10-18(19)28-7-2)21(24)23-14-11-16(25-3)20(27-5)17(12-14)26-4/h9-12H,6-8H2,1-5H3,(H,23,24). The lowest BCUT2D eigenvalue weighted by Crippen LogP contribution is -2.13. The molecule has 0 bridgehead atoms. The Bertz CT molecular complexity index is 830. The van der Waals surface area contributed by atoms with Gasteiger partial charge in [0.05, 0.1) is 39.6 Å². The molecule has 0 atom stereocenters. The van der Waals surface area contributed by atoms with Crippen LogP contribution >= 0.6 is 11.6 Å². The summed E-state index contributed by atoms with van der Waals surface area (Å²) in [4.78, 5) is 12.8. The zero-order chi connectivity index (χ0) is 21.4. The highest BCUT2D eigenvalue weighted by atomic mass is 35.5. The average Bonchev–Trinajstić information content (AvgIpc) is 2.72. The Labute approximate surface area is 175 Å². The van der Waals surface area contributed by atoms with Crippen molar-refractivity contribution in [3.63, 3.8) is 0 Å². The van der Waals surface area contributed by atoms with Gasteiger partial charge < -0.3 is 29.0 Å². The topological polar surface area (TPSA) is 75.3 Å². The molecule has 0 saturated heterocycles. The van der Waals surface area contributed by atoms with Crippen LogP contribution in [0.4, 0.5) is 5.69 Å². The molecular weight excluding hydrogens is 398 g/mol. The molecule has 2 aromatic rings. The Kier molecular flexibility index (Phi) is 8.27. The Morgan fingerprint density at radius 1 is 0.897 bits per heavy atom. The molecule has 0 aliphatic rings. The number of nitrogens with one attached hydrogen (secondary N) is 1. The van der Waals surface area contributed by atoms with Crippen LogP contribution in [-0.4, -0.2) is 40.5 Å². The van der Waals surface area contributed by atoms with E-state index in [0.717, 1.165) is 6.42 Å². The number of hydrogen-bond acceptors (Lipinski definition) is 6. The van der Waals surface area contributed by atoms with Crippen LogP contribution in [0, 0.1) is 0 Å². The zero-order valence-electron chi connectivity index (χ0n) is 17.3. The molecule has 0 aliphatic heterocycles. The quantitative estimate of drug-likeness (QED) is 0.591. The second kappa shape index (κ2) is 10.7. The zero-order valence-corrected chi connectivity index (χ0v) is 18.0. The largest absolute Gasteiger partial charge is 0.493 e. The van der Waals surface area contributed by atoms with Crippen molar-refractivity contribution >= 4 is 23.2 Å². The predicted octanol–water partition coefficient (Wildman–Crippen LogP) is 4.81. The molecule has 0 saturated carbocycles. The minimum absolute atomic E-state index is 0.305. The first-order valence-electron chi connectivity index (χ1n) is 9.19. The highest BCUT2D eigenvalue weighted by Crippen LogP contribution is 2.40. The Balaban J connectivity index is 2.35. The Morgan fingerprint density at radius 3 is 2.07 bits per heavy atom. The molecule has 0 unspecified atom stereocenters. The lowest BCUT2D eigenvalue weighted by atomic mass is 10.1. The van der Waals surface area contributed by atoms with E-state index in [1.165, 1.54) is 21.3 Å². The van der Waals surface area contributed by atoms with Gasteiger partial charge in [0, 0.05) is 23.4 Å². The van der Waals surface area contributed by atoms with Crippen LogP contribution in [-0.2, 0) is 0 Å². The maximum Gasteiger partial charge on any atom is 0.255 e. The highest BCUT2D eigenvalue weighted by Gasteiger charge is 2.18. The molecule has 2 rings (SSSR count). The van der Waals surface area contributed by atoms with Gasteiger partial charge in [-0.05, 0) is 25.5 Å². The van der Waals surface area contributed by atoms with Gasteiger partial charge in [-0.15, -0.1) is 0 Å². The summed E-state index contributed by atoms with van der Waals surface area (Å²) in [6, 6.07) is 6.43. The lowest BCUT2D eigenvalue weighted by Gasteiger charge is -2.16. The second-order valence-electron chi connectivity index (χ2n) is 5.93. The molecule has 2 aromatic carbocycles. The van der Waals surface area contributed by atoms with Crippen molar-refractivity contribution in [3.05, 3.63) is 34.9 Å². The first-order valence-corrected chi connectivity index (χ1v) is 9.57. The summed E-state index contributed by atoms with van der Waals surface area (Å²) >= 11 is 6.35. The predicted molar refractivity (Wildman–Crippen MR) is 112 cm³/mol. The number of anilines is 1. The van der Waals surface area contributed by atoms with Gasteiger partial charge in [-0.1, -0.05) is 18.5 Å². The van der Waals surface area contributed by atoms with Crippen LogP contribution < -0.4 is 29.0 Å². The molecular formula is C21H26ClNO6. The van der Waals surface area contributed by atoms with Crippen molar-refractivity contribution in [1.29, 1.82) is 0 Å². The molecule has 8 heteroatoms. The summed E-state index contributed by atoms with van der Waals surface area (Å²) in [5.41, 5.74) is 0.806. The number of halogens is 1. The van der Waals surface area contributed by atoms with Crippen molar-refractivity contribution < 1.29 is 28.5 Å². The summed E-state index contributed by atoms with van der Waals surface area (Å²) in [5.74, 6) is 1.77. The molecule has 0 spiro atoms. The molecule has 158 valence electrons. The fraction of sp³-hybridized carbons (Fsp3) is 0.381. The molecule has 0 heterocycles. The van der Waals surface area contributed by atoms with Crippen LogP contribution in [0.3, 0.4) is 0 Å². The van der Waals surface area contributed by atoms with Gasteiger partial charge >= 0.3 is 0 Å². The minimum Gasteiger partial charge on any atom is -0.493 e. The maximum absolute atomic E-state index is 12.8. The molecule has 29 heavy (non-hydrogen) atoms. The first-order chi connectivity index (χ1) is 14.0. The van der Waals surface area contributed by atoms with E-state index >= 15 is 0 Å². The molecule has 0 fully saturated rings. The van der Waals surface area contributed by atoms with Crippen molar-refractivity contribution in [2.45, 2.75) is 20.3 Å². The lowest BCUT2D eigenvalue weighted by molar-refractivity contribution is 0.102. The summed E-state index contributed by atoms with van der Waals surface area (Å²) < 4.78 is 27.2. The normalized spacial score (nSPS) is 10.3. The van der Waals surface area contributed by atoms with Crippen LogP contribution in [0.1, 0.15) is 30.6 Å². The minimum atomic E-state index is -0.371. The number of methoxy groups -OCH3 is 3. The van der Waals surface area contributed by atoms with E-state index in [-0.39, 0.29) is 5.91 Å². The molecule has 7 nitrogen and oxygen atoms in total. The van der Waals surface area contributed by atoms with Crippen LogP contribution in [0.15, 0.2) is 24.3 Å². The second-order valence-corrected chi connectivity index (χ2v) is 6.34. The van der Waals surface area contributed by atoms with E-state index in [2.05, 4.69) is 5.32 Å². The van der Waals surface area contributed by atoms with E-state index in [4.69, 9.17) is 35.3 Å².